The summed E-state index contributed by atoms with van der Waals surface area (Å²) in [5.41, 5.74) is 3.91. The first-order chi connectivity index (χ1) is 9.15. The van der Waals surface area contributed by atoms with Crippen molar-refractivity contribution in [2.45, 2.75) is 25.9 Å². The minimum atomic E-state index is 0.00204. The Morgan fingerprint density at radius 1 is 1.53 bits per heavy atom. The van der Waals surface area contributed by atoms with Gasteiger partial charge in [0.1, 0.15) is 5.82 Å². The first-order valence-corrected chi connectivity index (χ1v) is 7.52. The van der Waals surface area contributed by atoms with Crippen LogP contribution < -0.4 is 11.3 Å². The van der Waals surface area contributed by atoms with Crippen molar-refractivity contribution < 1.29 is 0 Å². The number of aromatic nitrogens is 2. The lowest BCUT2D eigenvalue weighted by atomic mass is 10.0. The Morgan fingerprint density at radius 2 is 2.32 bits per heavy atom. The van der Waals surface area contributed by atoms with Gasteiger partial charge in [-0.2, -0.15) is 0 Å². The van der Waals surface area contributed by atoms with Crippen LogP contribution in [-0.4, -0.2) is 9.55 Å². The molecule has 19 heavy (non-hydrogen) atoms. The summed E-state index contributed by atoms with van der Waals surface area (Å²) in [5.74, 6) is 6.68. The van der Waals surface area contributed by atoms with Gasteiger partial charge in [0, 0.05) is 28.9 Å². The van der Waals surface area contributed by atoms with E-state index in [0.29, 0.717) is 0 Å². The van der Waals surface area contributed by atoms with Crippen molar-refractivity contribution >= 4 is 34.2 Å². The minimum absolute atomic E-state index is 0.00204. The Kier molecular flexibility index (Phi) is 5.20. The molecule has 2 aromatic rings. The first-order valence-electron chi connectivity index (χ1n) is 6.06. The van der Waals surface area contributed by atoms with E-state index < -0.39 is 0 Å². The number of nitrogens with zero attached hydrogens (tertiary/aromatic N) is 2. The number of nitrogens with two attached hydrogens (primary N) is 1. The summed E-state index contributed by atoms with van der Waals surface area (Å²) in [6, 6.07) is 5.99. The molecule has 0 bridgehead atoms. The summed E-state index contributed by atoms with van der Waals surface area (Å²) < 4.78 is 3.15. The van der Waals surface area contributed by atoms with Gasteiger partial charge in [0.25, 0.3) is 0 Å². The molecule has 0 spiro atoms. The maximum Gasteiger partial charge on any atom is 0.110 e. The first kappa shape index (κ1) is 14.8. The van der Waals surface area contributed by atoms with Crippen LogP contribution in [0.4, 0.5) is 0 Å². The number of hydrogen-bond donors (Lipinski definition) is 2. The van der Waals surface area contributed by atoms with Crippen LogP contribution in [0.2, 0.25) is 5.02 Å². The minimum Gasteiger partial charge on any atom is -0.335 e. The van der Waals surface area contributed by atoms with Crippen LogP contribution in [0, 0.1) is 3.57 Å². The Bertz CT molecular complexity index is 555. The Labute approximate surface area is 131 Å². The van der Waals surface area contributed by atoms with E-state index in [-0.39, 0.29) is 6.04 Å². The molecule has 1 aromatic carbocycles. The van der Waals surface area contributed by atoms with Crippen molar-refractivity contribution in [3.8, 4) is 0 Å². The molecule has 0 fully saturated rings. The van der Waals surface area contributed by atoms with E-state index in [1.165, 1.54) is 0 Å². The van der Waals surface area contributed by atoms with E-state index in [0.717, 1.165) is 32.9 Å². The van der Waals surface area contributed by atoms with Gasteiger partial charge >= 0.3 is 0 Å². The number of hydrogen-bond acceptors (Lipinski definition) is 3. The number of benzene rings is 1. The molecular formula is C13H16ClIN4. The van der Waals surface area contributed by atoms with Crippen molar-refractivity contribution in [3.05, 3.63) is 50.6 Å². The highest BCUT2D eigenvalue weighted by atomic mass is 127. The molecule has 2 rings (SSSR count). The lowest BCUT2D eigenvalue weighted by molar-refractivity contribution is 0.523. The second kappa shape index (κ2) is 6.69. The highest BCUT2D eigenvalue weighted by Crippen LogP contribution is 2.24. The predicted molar refractivity (Wildman–Crippen MR) is 85.8 cm³/mol. The predicted octanol–water partition coefficient (Wildman–Crippen LogP) is 2.91. The SMILES string of the molecule is CCn1ccnc1CC(NN)c1ccc(I)c(Cl)c1. The summed E-state index contributed by atoms with van der Waals surface area (Å²) >= 11 is 8.37. The van der Waals surface area contributed by atoms with Gasteiger partial charge in [0.2, 0.25) is 0 Å². The largest absolute Gasteiger partial charge is 0.335 e. The zero-order chi connectivity index (χ0) is 13.8. The van der Waals surface area contributed by atoms with Crippen LogP contribution in [0.3, 0.4) is 0 Å². The van der Waals surface area contributed by atoms with Gasteiger partial charge in [-0.3, -0.25) is 11.3 Å². The van der Waals surface area contributed by atoms with Crippen molar-refractivity contribution in [3.63, 3.8) is 0 Å². The molecule has 1 atom stereocenters. The smallest absolute Gasteiger partial charge is 0.110 e. The molecule has 0 aliphatic carbocycles. The van der Waals surface area contributed by atoms with Crippen LogP contribution in [0.5, 0.6) is 0 Å². The van der Waals surface area contributed by atoms with Crippen molar-refractivity contribution in [2.24, 2.45) is 5.84 Å². The monoisotopic (exact) mass is 390 g/mol. The number of nitrogens with one attached hydrogen (secondary N) is 1. The molecule has 0 aliphatic rings. The second-order valence-electron chi connectivity index (χ2n) is 4.23. The molecule has 0 saturated carbocycles. The number of aryl methyl sites for hydroxylation is 1. The Morgan fingerprint density at radius 3 is 2.95 bits per heavy atom. The maximum atomic E-state index is 6.16. The molecule has 1 aromatic heterocycles. The molecule has 1 heterocycles. The van der Waals surface area contributed by atoms with Crippen molar-refractivity contribution in [2.75, 3.05) is 0 Å². The summed E-state index contributed by atoms with van der Waals surface area (Å²) in [6.07, 6.45) is 4.52. The van der Waals surface area contributed by atoms with Gasteiger partial charge in [-0.1, -0.05) is 17.7 Å². The van der Waals surface area contributed by atoms with Gasteiger partial charge < -0.3 is 4.57 Å². The fourth-order valence-corrected chi connectivity index (χ4v) is 2.53. The highest BCUT2D eigenvalue weighted by molar-refractivity contribution is 14.1. The average Bonchev–Trinajstić information content (AvgIpc) is 2.86. The zero-order valence-corrected chi connectivity index (χ0v) is 13.5. The van der Waals surface area contributed by atoms with Gasteiger partial charge in [-0.15, -0.1) is 0 Å². The lowest BCUT2D eigenvalue weighted by Gasteiger charge is -2.17. The zero-order valence-electron chi connectivity index (χ0n) is 10.6. The van der Waals surface area contributed by atoms with Crippen LogP contribution in [0.25, 0.3) is 0 Å². The molecule has 0 saturated heterocycles. The molecule has 102 valence electrons. The standard InChI is InChI=1S/C13H16ClIN4/c1-2-19-6-5-17-13(19)8-12(18-16)9-3-4-11(15)10(14)7-9/h3-7,12,18H,2,8,16H2,1H3. The van der Waals surface area contributed by atoms with Crippen LogP contribution >= 0.6 is 34.2 Å². The maximum absolute atomic E-state index is 6.16. The number of rotatable bonds is 5. The molecule has 1 unspecified atom stereocenters. The third-order valence-corrected chi connectivity index (χ3v) is 4.65. The molecule has 3 N–H and O–H groups in total. The average molecular weight is 391 g/mol. The van der Waals surface area contributed by atoms with Crippen molar-refractivity contribution in [1.29, 1.82) is 0 Å². The van der Waals surface area contributed by atoms with Gasteiger partial charge in [0.15, 0.2) is 0 Å². The summed E-state index contributed by atoms with van der Waals surface area (Å²) in [5, 5.41) is 0.747. The number of imidazole rings is 1. The van der Waals surface area contributed by atoms with Crippen LogP contribution in [0.15, 0.2) is 30.6 Å². The number of halogens is 2. The number of hydrazine groups is 1. The molecular weight excluding hydrogens is 375 g/mol. The van der Waals surface area contributed by atoms with Gasteiger partial charge in [-0.05, 0) is 47.2 Å². The summed E-state index contributed by atoms with van der Waals surface area (Å²) in [6.45, 7) is 3.00. The van der Waals surface area contributed by atoms with Gasteiger partial charge in [-0.25, -0.2) is 4.98 Å². The van der Waals surface area contributed by atoms with Gasteiger partial charge in [0.05, 0.1) is 11.1 Å². The second-order valence-corrected chi connectivity index (χ2v) is 5.80. The van der Waals surface area contributed by atoms with Crippen molar-refractivity contribution in [1.82, 2.24) is 15.0 Å². The quantitative estimate of drug-likeness (QED) is 0.469. The summed E-state index contributed by atoms with van der Waals surface area (Å²) in [7, 11) is 0. The fraction of sp³-hybridized carbons (Fsp3) is 0.308. The van der Waals surface area contributed by atoms with E-state index >= 15 is 0 Å². The highest BCUT2D eigenvalue weighted by Gasteiger charge is 2.14. The van der Waals surface area contributed by atoms with E-state index in [2.05, 4.69) is 44.5 Å². The molecule has 0 aliphatic heterocycles. The Balaban J connectivity index is 2.22. The normalized spacial score (nSPS) is 12.6. The third-order valence-electron chi connectivity index (χ3n) is 3.08. The van der Waals surface area contributed by atoms with E-state index in [1.807, 2.05) is 30.6 Å². The Hall–Kier alpha value is -0.630. The third kappa shape index (κ3) is 3.47. The molecule has 0 radical (unpaired) electrons. The van der Waals surface area contributed by atoms with E-state index in [9.17, 15) is 0 Å². The van der Waals surface area contributed by atoms with E-state index in [4.69, 9.17) is 17.4 Å². The van der Waals surface area contributed by atoms with E-state index in [1.54, 1.807) is 0 Å². The summed E-state index contributed by atoms with van der Waals surface area (Å²) in [4.78, 5) is 4.37. The fourth-order valence-electron chi connectivity index (χ4n) is 2.00. The lowest BCUT2D eigenvalue weighted by Crippen LogP contribution is -2.30. The van der Waals surface area contributed by atoms with Crippen LogP contribution in [-0.2, 0) is 13.0 Å². The topological polar surface area (TPSA) is 55.9 Å². The van der Waals surface area contributed by atoms with Crippen LogP contribution in [0.1, 0.15) is 24.4 Å². The molecule has 4 nitrogen and oxygen atoms in total. The molecule has 6 heteroatoms. The molecule has 0 amide bonds.